The molecule has 1 aromatic carbocycles. The quantitative estimate of drug-likeness (QED) is 0.689. The molecule has 2 fully saturated rings. The summed E-state index contributed by atoms with van der Waals surface area (Å²) in [5.41, 5.74) is 1.31. The molecule has 0 radical (unpaired) electrons. The summed E-state index contributed by atoms with van der Waals surface area (Å²) in [6.45, 7) is 4.17. The van der Waals surface area contributed by atoms with Crippen molar-refractivity contribution in [1.82, 2.24) is 10.0 Å². The van der Waals surface area contributed by atoms with Gasteiger partial charge in [-0.05, 0) is 69.5 Å². The van der Waals surface area contributed by atoms with Crippen LogP contribution in [0.15, 0.2) is 24.3 Å². The van der Waals surface area contributed by atoms with Gasteiger partial charge in [0.15, 0.2) is 0 Å². The van der Waals surface area contributed by atoms with Crippen molar-refractivity contribution in [1.29, 1.82) is 0 Å². The van der Waals surface area contributed by atoms with Crippen LogP contribution in [-0.2, 0) is 14.8 Å². The van der Waals surface area contributed by atoms with Crippen molar-refractivity contribution >= 4 is 10.0 Å². The molecule has 3 rings (SSSR count). The van der Waals surface area contributed by atoms with Gasteiger partial charge in [-0.2, -0.15) is 0 Å². The van der Waals surface area contributed by atoms with Crippen LogP contribution in [-0.4, -0.2) is 52.6 Å². The molecule has 2 N–H and O–H groups in total. The van der Waals surface area contributed by atoms with E-state index in [2.05, 4.69) is 28.2 Å². The first-order chi connectivity index (χ1) is 13.5. The highest BCUT2D eigenvalue weighted by molar-refractivity contribution is 7.88. The number of ether oxygens (including phenoxy) is 2. The highest BCUT2D eigenvalue weighted by Gasteiger charge is 2.30. The van der Waals surface area contributed by atoms with Crippen LogP contribution in [0.2, 0.25) is 0 Å². The fourth-order valence-electron chi connectivity index (χ4n) is 4.43. The zero-order chi connectivity index (χ0) is 20.0. The van der Waals surface area contributed by atoms with E-state index in [-0.39, 0.29) is 18.2 Å². The van der Waals surface area contributed by atoms with Crippen LogP contribution in [0.3, 0.4) is 0 Å². The molecule has 1 aliphatic heterocycles. The number of hydrogen-bond acceptors (Lipinski definition) is 5. The Morgan fingerprint density at radius 2 is 1.89 bits per heavy atom. The molecular weight excluding hydrogens is 376 g/mol. The summed E-state index contributed by atoms with van der Waals surface area (Å²) in [6.07, 6.45) is 7.56. The van der Waals surface area contributed by atoms with E-state index >= 15 is 0 Å². The Bertz CT molecular complexity index is 717. The second-order valence-corrected chi connectivity index (χ2v) is 9.76. The van der Waals surface area contributed by atoms with Gasteiger partial charge in [-0.3, -0.25) is 0 Å². The van der Waals surface area contributed by atoms with Crippen LogP contribution in [0, 0.1) is 0 Å². The highest BCUT2D eigenvalue weighted by atomic mass is 32.2. The summed E-state index contributed by atoms with van der Waals surface area (Å²) in [7, 11) is -3.20. The highest BCUT2D eigenvalue weighted by Crippen LogP contribution is 2.38. The molecule has 28 heavy (non-hydrogen) atoms. The summed E-state index contributed by atoms with van der Waals surface area (Å²) < 4.78 is 38.0. The third-order valence-electron chi connectivity index (χ3n) is 5.79. The van der Waals surface area contributed by atoms with Gasteiger partial charge in [-0.1, -0.05) is 18.2 Å². The normalized spacial score (nSPS) is 28.8. The maximum absolute atomic E-state index is 11.6. The zero-order valence-corrected chi connectivity index (χ0v) is 17.8. The number of benzene rings is 1. The molecule has 0 aromatic heterocycles. The standard InChI is InChI=1S/C21H34N2O4S/c1-3-26-21-9-5-4-7-18(21)16-10-12-17(13-11-16)27-15-20-19(8-6-14-22-20)23-28(2,24)25/h4-5,7,9,16-17,19-20,22-23H,3,6,8,10-15H2,1-2H3/t16?,17?,19-,20-/m0/s1. The second kappa shape index (κ2) is 10.1. The number of nitrogens with one attached hydrogen (secondary N) is 2. The minimum atomic E-state index is -3.20. The lowest BCUT2D eigenvalue weighted by atomic mass is 9.82. The van der Waals surface area contributed by atoms with Crippen LogP contribution >= 0.6 is 0 Å². The Balaban J connectivity index is 1.49. The molecule has 0 bridgehead atoms. The van der Waals surface area contributed by atoms with E-state index in [9.17, 15) is 8.42 Å². The van der Waals surface area contributed by atoms with Crippen molar-refractivity contribution in [2.75, 3.05) is 26.0 Å². The van der Waals surface area contributed by atoms with Gasteiger partial charge in [-0.25, -0.2) is 13.1 Å². The molecule has 0 spiro atoms. The zero-order valence-electron chi connectivity index (χ0n) is 17.0. The molecule has 2 atom stereocenters. The third kappa shape index (κ3) is 6.17. The summed E-state index contributed by atoms with van der Waals surface area (Å²) in [6, 6.07) is 8.32. The number of sulfonamides is 1. The summed E-state index contributed by atoms with van der Waals surface area (Å²) in [4.78, 5) is 0. The van der Waals surface area contributed by atoms with Crippen LogP contribution in [0.5, 0.6) is 5.75 Å². The van der Waals surface area contributed by atoms with Gasteiger partial charge in [-0.15, -0.1) is 0 Å². The molecule has 2 aliphatic rings. The van der Waals surface area contributed by atoms with E-state index in [1.807, 2.05) is 13.0 Å². The fraction of sp³-hybridized carbons (Fsp3) is 0.714. The smallest absolute Gasteiger partial charge is 0.209 e. The number of hydrogen-bond donors (Lipinski definition) is 2. The maximum atomic E-state index is 11.6. The first-order valence-corrected chi connectivity index (χ1v) is 12.4. The van der Waals surface area contributed by atoms with Gasteiger partial charge in [0.2, 0.25) is 10.0 Å². The Kier molecular flexibility index (Phi) is 7.74. The third-order valence-corrected chi connectivity index (χ3v) is 6.52. The van der Waals surface area contributed by atoms with Crippen molar-refractivity contribution in [2.45, 2.75) is 69.6 Å². The molecule has 6 nitrogen and oxygen atoms in total. The topological polar surface area (TPSA) is 76.7 Å². The predicted molar refractivity (Wildman–Crippen MR) is 111 cm³/mol. The number of para-hydroxylation sites is 1. The van der Waals surface area contributed by atoms with Crippen molar-refractivity contribution in [3.63, 3.8) is 0 Å². The summed E-state index contributed by atoms with van der Waals surface area (Å²) in [5.74, 6) is 1.53. The van der Waals surface area contributed by atoms with Crippen molar-refractivity contribution in [3.8, 4) is 5.75 Å². The molecule has 1 aliphatic carbocycles. The molecule has 1 heterocycles. The van der Waals surface area contributed by atoms with E-state index in [1.165, 1.54) is 11.8 Å². The molecule has 1 aromatic rings. The molecule has 0 amide bonds. The van der Waals surface area contributed by atoms with Gasteiger partial charge in [0, 0.05) is 12.1 Å². The van der Waals surface area contributed by atoms with Crippen molar-refractivity contribution in [2.24, 2.45) is 0 Å². The minimum absolute atomic E-state index is 0.0416. The Hall–Kier alpha value is -1.15. The van der Waals surface area contributed by atoms with E-state index < -0.39 is 10.0 Å². The Morgan fingerprint density at radius 1 is 1.14 bits per heavy atom. The lowest BCUT2D eigenvalue weighted by Crippen LogP contribution is -2.55. The van der Waals surface area contributed by atoms with Crippen LogP contribution in [0.1, 0.15) is 56.9 Å². The van der Waals surface area contributed by atoms with Gasteiger partial charge in [0.1, 0.15) is 5.75 Å². The van der Waals surface area contributed by atoms with Gasteiger partial charge in [0.05, 0.1) is 25.6 Å². The monoisotopic (exact) mass is 410 g/mol. The van der Waals surface area contributed by atoms with Crippen molar-refractivity contribution < 1.29 is 17.9 Å². The molecule has 158 valence electrons. The molecular formula is C21H34N2O4S. The summed E-state index contributed by atoms with van der Waals surface area (Å²) >= 11 is 0. The fourth-order valence-corrected chi connectivity index (χ4v) is 5.26. The minimum Gasteiger partial charge on any atom is -0.494 e. The lowest BCUT2D eigenvalue weighted by Gasteiger charge is -2.35. The first-order valence-electron chi connectivity index (χ1n) is 10.5. The van der Waals surface area contributed by atoms with Crippen LogP contribution < -0.4 is 14.8 Å². The van der Waals surface area contributed by atoms with E-state index in [4.69, 9.17) is 9.47 Å². The predicted octanol–water partition coefficient (Wildman–Crippen LogP) is 2.80. The summed E-state index contributed by atoms with van der Waals surface area (Å²) in [5, 5.41) is 3.42. The van der Waals surface area contributed by atoms with Gasteiger partial charge >= 0.3 is 0 Å². The average molecular weight is 411 g/mol. The molecule has 1 saturated carbocycles. The van der Waals surface area contributed by atoms with Gasteiger partial charge in [0.25, 0.3) is 0 Å². The van der Waals surface area contributed by atoms with E-state index in [0.29, 0.717) is 19.1 Å². The second-order valence-electron chi connectivity index (χ2n) is 7.98. The molecule has 7 heteroatoms. The maximum Gasteiger partial charge on any atom is 0.209 e. The van der Waals surface area contributed by atoms with Crippen LogP contribution in [0.4, 0.5) is 0 Å². The Labute approximate surface area is 169 Å². The first kappa shape index (κ1) is 21.6. The average Bonchev–Trinajstić information content (AvgIpc) is 2.67. The number of piperidine rings is 1. The van der Waals surface area contributed by atoms with Gasteiger partial charge < -0.3 is 14.8 Å². The molecule has 1 saturated heterocycles. The lowest BCUT2D eigenvalue weighted by molar-refractivity contribution is 0.00511. The Morgan fingerprint density at radius 3 is 2.61 bits per heavy atom. The van der Waals surface area contributed by atoms with Crippen LogP contribution in [0.25, 0.3) is 0 Å². The molecule has 0 unspecified atom stereocenters. The van der Waals surface area contributed by atoms with E-state index in [0.717, 1.165) is 50.8 Å². The SMILES string of the molecule is CCOc1ccccc1C1CCC(OC[C@@H]2NCCC[C@@H]2NS(C)(=O)=O)CC1. The van der Waals surface area contributed by atoms with Crippen molar-refractivity contribution in [3.05, 3.63) is 29.8 Å². The number of rotatable bonds is 8. The van der Waals surface area contributed by atoms with E-state index in [1.54, 1.807) is 0 Å². The largest absolute Gasteiger partial charge is 0.494 e.